The lowest BCUT2D eigenvalue weighted by Crippen LogP contribution is -2.20. The van der Waals surface area contributed by atoms with Crippen LogP contribution in [0, 0.1) is 0 Å². The van der Waals surface area contributed by atoms with E-state index in [1.165, 1.54) is 6.08 Å². The lowest BCUT2D eigenvalue weighted by atomic mass is 10.1. The van der Waals surface area contributed by atoms with Gasteiger partial charge in [-0.3, -0.25) is 4.79 Å². The average molecular weight is 397 g/mol. The molecule has 0 bridgehead atoms. The summed E-state index contributed by atoms with van der Waals surface area (Å²) >= 11 is 0. The lowest BCUT2D eigenvalue weighted by molar-refractivity contribution is -0.142. The van der Waals surface area contributed by atoms with Gasteiger partial charge in [-0.2, -0.15) is 0 Å². The van der Waals surface area contributed by atoms with Gasteiger partial charge in [0.2, 0.25) is 0 Å². The zero-order valence-corrected chi connectivity index (χ0v) is 17.1. The van der Waals surface area contributed by atoms with Gasteiger partial charge in [0, 0.05) is 11.8 Å². The van der Waals surface area contributed by atoms with Crippen molar-refractivity contribution in [1.29, 1.82) is 0 Å². The summed E-state index contributed by atoms with van der Waals surface area (Å²) in [6, 6.07) is 12.9. The third-order valence-electron chi connectivity index (χ3n) is 4.00. The number of amides is 1. The number of aryl methyl sites for hydroxylation is 1. The first kappa shape index (κ1) is 22.0. The highest BCUT2D eigenvalue weighted by molar-refractivity contribution is 5.95. The van der Waals surface area contributed by atoms with E-state index >= 15 is 0 Å². The van der Waals surface area contributed by atoms with Gasteiger partial charge < -0.3 is 19.5 Å². The third-order valence-corrected chi connectivity index (χ3v) is 4.00. The predicted octanol–water partition coefficient (Wildman–Crippen LogP) is 4.24. The van der Waals surface area contributed by atoms with Crippen molar-refractivity contribution in [2.24, 2.45) is 0 Å². The Balaban J connectivity index is 1.90. The van der Waals surface area contributed by atoms with E-state index in [0.29, 0.717) is 24.7 Å². The van der Waals surface area contributed by atoms with Crippen LogP contribution in [-0.4, -0.2) is 31.7 Å². The van der Waals surface area contributed by atoms with E-state index in [9.17, 15) is 9.59 Å². The maximum Gasteiger partial charge on any atom is 0.331 e. The summed E-state index contributed by atoms with van der Waals surface area (Å²) in [5, 5.41) is 2.76. The van der Waals surface area contributed by atoms with E-state index in [2.05, 4.69) is 5.32 Å². The second-order valence-corrected chi connectivity index (χ2v) is 6.07. The van der Waals surface area contributed by atoms with Gasteiger partial charge in [-0.15, -0.1) is 0 Å². The molecule has 0 saturated heterocycles. The molecule has 0 aliphatic rings. The molecule has 0 aromatic heterocycles. The van der Waals surface area contributed by atoms with E-state index in [1.54, 1.807) is 18.2 Å². The summed E-state index contributed by atoms with van der Waals surface area (Å²) < 4.78 is 16.1. The summed E-state index contributed by atoms with van der Waals surface area (Å²) in [5.41, 5.74) is 2.51. The number of esters is 1. The minimum absolute atomic E-state index is 0.352. The molecule has 6 heteroatoms. The second-order valence-electron chi connectivity index (χ2n) is 6.07. The summed E-state index contributed by atoms with van der Waals surface area (Å²) in [7, 11) is 0. The number of ether oxygens (including phenoxy) is 3. The number of nitrogens with one attached hydrogen (secondary N) is 1. The molecular weight excluding hydrogens is 370 g/mol. The Bertz CT molecular complexity index is 860. The summed E-state index contributed by atoms with van der Waals surface area (Å²) in [4.78, 5) is 24.0. The van der Waals surface area contributed by atoms with Crippen LogP contribution in [0.3, 0.4) is 0 Å². The van der Waals surface area contributed by atoms with Crippen molar-refractivity contribution in [2.75, 3.05) is 25.1 Å². The molecule has 0 radical (unpaired) electrons. The van der Waals surface area contributed by atoms with Crippen LogP contribution in [0.1, 0.15) is 31.9 Å². The van der Waals surface area contributed by atoms with Gasteiger partial charge >= 0.3 is 5.97 Å². The molecule has 0 fully saturated rings. The number of benzene rings is 2. The minimum Gasteiger partial charge on any atom is -0.490 e. The van der Waals surface area contributed by atoms with Crippen LogP contribution in [0.2, 0.25) is 0 Å². The SMILES string of the molecule is CCOc1ccc(C=CC(=O)OCC(=O)Nc2ccccc2CC)cc1OCC. The molecule has 0 atom stereocenters. The number of para-hydroxylation sites is 1. The molecule has 1 N–H and O–H groups in total. The summed E-state index contributed by atoms with van der Waals surface area (Å²) in [6.07, 6.45) is 3.67. The van der Waals surface area contributed by atoms with Gasteiger partial charge in [0.15, 0.2) is 18.1 Å². The fourth-order valence-electron chi connectivity index (χ4n) is 2.66. The standard InChI is InChI=1S/C23H27NO5/c1-4-18-9-7-8-10-19(18)24-22(25)16-29-23(26)14-12-17-11-13-20(27-5-2)21(15-17)28-6-3/h7-15H,4-6,16H2,1-3H3,(H,24,25). The van der Waals surface area contributed by atoms with Crippen LogP contribution in [0.15, 0.2) is 48.5 Å². The van der Waals surface area contributed by atoms with E-state index < -0.39 is 5.97 Å². The van der Waals surface area contributed by atoms with Crippen molar-refractivity contribution >= 4 is 23.6 Å². The highest BCUT2D eigenvalue weighted by atomic mass is 16.5. The molecule has 2 aromatic carbocycles. The Morgan fingerprint density at radius 3 is 2.41 bits per heavy atom. The van der Waals surface area contributed by atoms with Crippen molar-refractivity contribution in [2.45, 2.75) is 27.2 Å². The third kappa shape index (κ3) is 6.99. The molecule has 154 valence electrons. The highest BCUT2D eigenvalue weighted by Gasteiger charge is 2.09. The smallest absolute Gasteiger partial charge is 0.331 e. The highest BCUT2D eigenvalue weighted by Crippen LogP contribution is 2.29. The van der Waals surface area contributed by atoms with Gasteiger partial charge in [0.25, 0.3) is 5.91 Å². The summed E-state index contributed by atoms with van der Waals surface area (Å²) in [6.45, 7) is 6.48. The first-order chi connectivity index (χ1) is 14.1. The van der Waals surface area contributed by atoms with Crippen molar-refractivity contribution in [3.63, 3.8) is 0 Å². The molecule has 29 heavy (non-hydrogen) atoms. The van der Waals surface area contributed by atoms with Crippen LogP contribution < -0.4 is 14.8 Å². The van der Waals surface area contributed by atoms with E-state index in [0.717, 1.165) is 23.2 Å². The first-order valence-corrected chi connectivity index (χ1v) is 9.69. The monoisotopic (exact) mass is 397 g/mol. The fraction of sp³-hybridized carbons (Fsp3) is 0.304. The number of rotatable bonds is 10. The quantitative estimate of drug-likeness (QED) is 0.479. The van der Waals surface area contributed by atoms with Gasteiger partial charge in [-0.05, 0) is 55.7 Å². The number of hydrogen-bond donors (Lipinski definition) is 1. The van der Waals surface area contributed by atoms with Crippen molar-refractivity contribution < 1.29 is 23.8 Å². The van der Waals surface area contributed by atoms with Crippen molar-refractivity contribution in [3.05, 3.63) is 59.7 Å². The molecule has 0 spiro atoms. The van der Waals surface area contributed by atoms with E-state index in [4.69, 9.17) is 14.2 Å². The van der Waals surface area contributed by atoms with Crippen LogP contribution in [0.25, 0.3) is 6.08 Å². The number of anilines is 1. The largest absolute Gasteiger partial charge is 0.490 e. The van der Waals surface area contributed by atoms with Crippen molar-refractivity contribution in [1.82, 2.24) is 0 Å². The zero-order valence-electron chi connectivity index (χ0n) is 17.1. The fourth-order valence-corrected chi connectivity index (χ4v) is 2.66. The van der Waals surface area contributed by atoms with E-state index in [-0.39, 0.29) is 12.5 Å². The normalized spacial score (nSPS) is 10.6. The molecule has 0 aliphatic heterocycles. The van der Waals surface area contributed by atoms with Crippen LogP contribution in [-0.2, 0) is 20.7 Å². The Hall–Kier alpha value is -3.28. The second kappa shape index (κ2) is 11.5. The topological polar surface area (TPSA) is 73.9 Å². The molecule has 0 unspecified atom stereocenters. The van der Waals surface area contributed by atoms with Crippen LogP contribution in [0.5, 0.6) is 11.5 Å². The lowest BCUT2D eigenvalue weighted by Gasteiger charge is -2.11. The van der Waals surface area contributed by atoms with Crippen LogP contribution >= 0.6 is 0 Å². The molecular formula is C23H27NO5. The molecule has 6 nitrogen and oxygen atoms in total. The number of hydrogen-bond acceptors (Lipinski definition) is 5. The van der Waals surface area contributed by atoms with Crippen LogP contribution in [0.4, 0.5) is 5.69 Å². The van der Waals surface area contributed by atoms with Gasteiger partial charge in [0.1, 0.15) is 0 Å². The Morgan fingerprint density at radius 1 is 0.966 bits per heavy atom. The molecule has 0 heterocycles. The van der Waals surface area contributed by atoms with E-state index in [1.807, 2.05) is 51.1 Å². The maximum absolute atomic E-state index is 12.0. The molecule has 1 amide bonds. The van der Waals surface area contributed by atoms with Crippen molar-refractivity contribution in [3.8, 4) is 11.5 Å². The first-order valence-electron chi connectivity index (χ1n) is 9.69. The zero-order chi connectivity index (χ0) is 21.1. The molecule has 0 aliphatic carbocycles. The number of carbonyl (C=O) groups excluding carboxylic acids is 2. The number of carbonyl (C=O) groups is 2. The Kier molecular flexibility index (Phi) is 8.76. The molecule has 0 saturated carbocycles. The Labute approximate surface area is 171 Å². The maximum atomic E-state index is 12.0. The predicted molar refractivity (Wildman–Crippen MR) is 113 cm³/mol. The summed E-state index contributed by atoms with van der Waals surface area (Å²) in [5.74, 6) is 0.278. The average Bonchev–Trinajstić information content (AvgIpc) is 2.73. The molecule has 2 aromatic rings. The van der Waals surface area contributed by atoms with Gasteiger partial charge in [0.05, 0.1) is 13.2 Å². The Morgan fingerprint density at radius 2 is 1.69 bits per heavy atom. The minimum atomic E-state index is -0.601. The van der Waals surface area contributed by atoms with Gasteiger partial charge in [-0.25, -0.2) is 4.79 Å². The van der Waals surface area contributed by atoms with Gasteiger partial charge in [-0.1, -0.05) is 31.2 Å². The molecule has 2 rings (SSSR count).